The first-order valence-corrected chi connectivity index (χ1v) is 9.17. The molecule has 0 radical (unpaired) electrons. The van der Waals surface area contributed by atoms with E-state index in [2.05, 4.69) is 20.6 Å². The van der Waals surface area contributed by atoms with Crippen molar-refractivity contribution in [2.45, 2.75) is 13.1 Å². The van der Waals surface area contributed by atoms with Gasteiger partial charge in [-0.1, -0.05) is 23.4 Å². The first-order valence-electron chi connectivity index (χ1n) is 8.29. The highest BCUT2D eigenvalue weighted by Crippen LogP contribution is 2.13. The molecule has 4 aromatic rings. The third-order valence-electron chi connectivity index (χ3n) is 4.04. The zero-order valence-electron chi connectivity index (χ0n) is 14.2. The predicted octanol–water partition coefficient (Wildman–Crippen LogP) is 2.23. The van der Waals surface area contributed by atoms with Gasteiger partial charge < -0.3 is 5.32 Å². The average Bonchev–Trinajstić information content (AvgIpc) is 3.19. The quantitative estimate of drug-likeness (QED) is 0.576. The van der Waals surface area contributed by atoms with Crippen LogP contribution in [0, 0.1) is 0 Å². The van der Waals surface area contributed by atoms with E-state index in [4.69, 9.17) is 0 Å². The number of aromatic nitrogens is 4. The molecule has 0 aliphatic carbocycles. The number of thiophene rings is 1. The Kier molecular flexibility index (Phi) is 4.71. The molecule has 4 rings (SSSR count). The normalized spacial score (nSPS) is 10.8. The number of pyridine rings is 1. The standard InChI is InChI=1S/C19H15N5O2S/c25-18(21-11-15-3-1-2-9-20-15)14-6-4-13(5-7-14)12-24-19(26)17-16(22-23-24)8-10-27-17/h1-10H,11-12H2,(H,21,25). The second-order valence-electron chi connectivity index (χ2n) is 5.89. The number of hydrogen-bond acceptors (Lipinski definition) is 6. The lowest BCUT2D eigenvalue weighted by atomic mass is 10.1. The molecule has 0 saturated carbocycles. The largest absolute Gasteiger partial charge is 0.346 e. The lowest BCUT2D eigenvalue weighted by Gasteiger charge is -2.07. The molecule has 1 aromatic carbocycles. The molecule has 3 heterocycles. The van der Waals surface area contributed by atoms with Gasteiger partial charge in [0.2, 0.25) is 0 Å². The maximum atomic E-state index is 12.4. The van der Waals surface area contributed by atoms with E-state index >= 15 is 0 Å². The monoisotopic (exact) mass is 377 g/mol. The summed E-state index contributed by atoms with van der Waals surface area (Å²) < 4.78 is 1.92. The summed E-state index contributed by atoms with van der Waals surface area (Å²) in [6, 6.07) is 14.4. The molecule has 0 saturated heterocycles. The Labute approximate surface area is 158 Å². The van der Waals surface area contributed by atoms with E-state index in [0.717, 1.165) is 11.3 Å². The van der Waals surface area contributed by atoms with Crippen molar-refractivity contribution in [3.05, 3.63) is 87.3 Å². The fourth-order valence-electron chi connectivity index (χ4n) is 2.61. The van der Waals surface area contributed by atoms with Crippen LogP contribution in [0.2, 0.25) is 0 Å². The van der Waals surface area contributed by atoms with Crippen molar-refractivity contribution in [2.24, 2.45) is 0 Å². The highest BCUT2D eigenvalue weighted by atomic mass is 32.1. The zero-order valence-corrected chi connectivity index (χ0v) is 15.0. The van der Waals surface area contributed by atoms with Gasteiger partial charge in [-0.15, -0.1) is 16.4 Å². The number of fused-ring (bicyclic) bond motifs is 1. The minimum atomic E-state index is -0.177. The van der Waals surface area contributed by atoms with Crippen LogP contribution in [0.25, 0.3) is 10.2 Å². The molecule has 7 nitrogen and oxygen atoms in total. The fourth-order valence-corrected chi connectivity index (χ4v) is 3.38. The third-order valence-corrected chi connectivity index (χ3v) is 4.93. The summed E-state index contributed by atoms with van der Waals surface area (Å²) in [6.07, 6.45) is 1.69. The van der Waals surface area contributed by atoms with Gasteiger partial charge in [-0.05, 0) is 41.3 Å². The topological polar surface area (TPSA) is 89.8 Å². The van der Waals surface area contributed by atoms with Crippen LogP contribution < -0.4 is 10.9 Å². The minimum Gasteiger partial charge on any atom is -0.346 e. The van der Waals surface area contributed by atoms with Crippen LogP contribution in [0.1, 0.15) is 21.6 Å². The van der Waals surface area contributed by atoms with E-state index in [-0.39, 0.29) is 11.5 Å². The molecule has 3 aromatic heterocycles. The van der Waals surface area contributed by atoms with E-state index in [1.807, 2.05) is 35.7 Å². The molecule has 0 bridgehead atoms. The predicted molar refractivity (Wildman–Crippen MR) is 103 cm³/mol. The second-order valence-corrected chi connectivity index (χ2v) is 6.80. The van der Waals surface area contributed by atoms with Gasteiger partial charge in [-0.25, -0.2) is 4.68 Å². The van der Waals surface area contributed by atoms with E-state index in [1.165, 1.54) is 16.0 Å². The van der Waals surface area contributed by atoms with Gasteiger partial charge in [0.1, 0.15) is 10.2 Å². The van der Waals surface area contributed by atoms with E-state index in [9.17, 15) is 9.59 Å². The van der Waals surface area contributed by atoms with Crippen molar-refractivity contribution in [1.82, 2.24) is 25.3 Å². The number of rotatable bonds is 5. The van der Waals surface area contributed by atoms with Crippen molar-refractivity contribution in [2.75, 3.05) is 0 Å². The summed E-state index contributed by atoms with van der Waals surface area (Å²) in [5.74, 6) is -0.177. The molecule has 0 spiro atoms. The van der Waals surface area contributed by atoms with Gasteiger partial charge >= 0.3 is 0 Å². The summed E-state index contributed by atoms with van der Waals surface area (Å²) in [6.45, 7) is 0.669. The van der Waals surface area contributed by atoms with Gasteiger partial charge in [-0.3, -0.25) is 14.6 Å². The SMILES string of the molecule is O=C(NCc1ccccn1)c1ccc(Cn2nnc3ccsc3c2=O)cc1. The van der Waals surface area contributed by atoms with Crippen molar-refractivity contribution in [3.8, 4) is 0 Å². The number of carbonyl (C=O) groups is 1. The van der Waals surface area contributed by atoms with Crippen LogP contribution in [-0.4, -0.2) is 25.9 Å². The second kappa shape index (κ2) is 7.46. The molecule has 1 N–H and O–H groups in total. The number of nitrogens with zero attached hydrogens (tertiary/aromatic N) is 4. The summed E-state index contributed by atoms with van der Waals surface area (Å²) in [5.41, 5.74) is 2.66. The number of carbonyl (C=O) groups excluding carboxylic acids is 1. The highest BCUT2D eigenvalue weighted by molar-refractivity contribution is 7.17. The van der Waals surface area contributed by atoms with Crippen LogP contribution >= 0.6 is 11.3 Å². The lowest BCUT2D eigenvalue weighted by Crippen LogP contribution is -2.24. The first kappa shape index (κ1) is 17.0. The van der Waals surface area contributed by atoms with Gasteiger partial charge in [-0.2, -0.15) is 0 Å². The summed E-state index contributed by atoms with van der Waals surface area (Å²) in [7, 11) is 0. The molecular weight excluding hydrogens is 362 g/mol. The maximum absolute atomic E-state index is 12.4. The van der Waals surface area contributed by atoms with Crippen LogP contribution in [0.3, 0.4) is 0 Å². The molecule has 134 valence electrons. The summed E-state index contributed by atoms with van der Waals surface area (Å²) in [4.78, 5) is 28.8. The third kappa shape index (κ3) is 3.75. The molecule has 0 unspecified atom stereocenters. The van der Waals surface area contributed by atoms with Crippen molar-refractivity contribution in [1.29, 1.82) is 0 Å². The van der Waals surface area contributed by atoms with Crippen LogP contribution in [0.5, 0.6) is 0 Å². The van der Waals surface area contributed by atoms with Crippen LogP contribution in [-0.2, 0) is 13.1 Å². The minimum absolute atomic E-state index is 0.160. The summed E-state index contributed by atoms with van der Waals surface area (Å²) >= 11 is 1.35. The fraction of sp³-hybridized carbons (Fsp3) is 0.105. The van der Waals surface area contributed by atoms with E-state index in [0.29, 0.717) is 28.9 Å². The number of nitrogens with one attached hydrogen (secondary N) is 1. The Morgan fingerprint density at radius 3 is 2.74 bits per heavy atom. The molecule has 0 atom stereocenters. The Morgan fingerprint density at radius 2 is 1.96 bits per heavy atom. The number of amides is 1. The van der Waals surface area contributed by atoms with Crippen molar-refractivity contribution >= 4 is 27.5 Å². The maximum Gasteiger partial charge on any atom is 0.288 e. The molecule has 0 fully saturated rings. The summed E-state index contributed by atoms with van der Waals surface area (Å²) in [5, 5.41) is 12.7. The Hall–Kier alpha value is -3.39. The van der Waals surface area contributed by atoms with Gasteiger partial charge in [0.15, 0.2) is 0 Å². The van der Waals surface area contributed by atoms with Gasteiger partial charge in [0.05, 0.1) is 18.8 Å². The first-order chi connectivity index (χ1) is 13.2. The molecule has 8 heteroatoms. The van der Waals surface area contributed by atoms with Crippen molar-refractivity contribution in [3.63, 3.8) is 0 Å². The number of hydrogen-bond donors (Lipinski definition) is 1. The van der Waals surface area contributed by atoms with Gasteiger partial charge in [0.25, 0.3) is 11.5 Å². The van der Waals surface area contributed by atoms with Gasteiger partial charge in [0, 0.05) is 11.8 Å². The van der Waals surface area contributed by atoms with Crippen molar-refractivity contribution < 1.29 is 4.79 Å². The highest BCUT2D eigenvalue weighted by Gasteiger charge is 2.09. The van der Waals surface area contributed by atoms with Crippen LogP contribution in [0.15, 0.2) is 64.9 Å². The van der Waals surface area contributed by atoms with E-state index < -0.39 is 0 Å². The Morgan fingerprint density at radius 1 is 1.11 bits per heavy atom. The Balaban J connectivity index is 1.44. The Bertz CT molecular complexity index is 1140. The molecule has 1 amide bonds. The molecule has 0 aliphatic rings. The smallest absolute Gasteiger partial charge is 0.288 e. The lowest BCUT2D eigenvalue weighted by molar-refractivity contribution is 0.0950. The molecule has 27 heavy (non-hydrogen) atoms. The average molecular weight is 377 g/mol. The zero-order chi connectivity index (χ0) is 18.6. The molecule has 0 aliphatic heterocycles. The van der Waals surface area contributed by atoms with E-state index in [1.54, 1.807) is 24.4 Å². The molecular formula is C19H15N5O2S. The number of benzene rings is 1. The van der Waals surface area contributed by atoms with Crippen LogP contribution in [0.4, 0.5) is 0 Å².